The Bertz CT molecular complexity index is 822. The Labute approximate surface area is 149 Å². The Kier molecular flexibility index (Phi) is 4.03. The van der Waals surface area contributed by atoms with Gasteiger partial charge in [0.15, 0.2) is 0 Å². The molecule has 2 aromatic carbocycles. The number of fused-ring (bicyclic) bond motifs is 2. The zero-order valence-electron chi connectivity index (χ0n) is 14.1. The van der Waals surface area contributed by atoms with Gasteiger partial charge in [-0.1, -0.05) is 30.3 Å². The predicted octanol–water partition coefficient (Wildman–Crippen LogP) is 4.19. The maximum atomic E-state index is 12.7. The number of alkyl halides is 3. The quantitative estimate of drug-likeness (QED) is 0.871. The third-order valence-electron chi connectivity index (χ3n) is 5.52. The van der Waals surface area contributed by atoms with Gasteiger partial charge in [0, 0.05) is 12.2 Å². The number of para-hydroxylation sites is 1. The molecule has 0 unspecified atom stereocenters. The van der Waals surface area contributed by atoms with E-state index in [1.54, 1.807) is 0 Å². The van der Waals surface area contributed by atoms with Gasteiger partial charge in [-0.15, -0.1) is 0 Å². The van der Waals surface area contributed by atoms with Crippen molar-refractivity contribution in [2.45, 2.75) is 31.0 Å². The number of halogens is 3. The van der Waals surface area contributed by atoms with Crippen molar-refractivity contribution >= 4 is 11.6 Å². The Morgan fingerprint density at radius 1 is 1.00 bits per heavy atom. The molecule has 4 rings (SSSR count). The van der Waals surface area contributed by atoms with E-state index in [9.17, 15) is 18.0 Å². The van der Waals surface area contributed by atoms with Gasteiger partial charge in [-0.05, 0) is 55.3 Å². The highest BCUT2D eigenvalue weighted by Crippen LogP contribution is 2.44. The SMILES string of the molecule is O=C1Nc2ccccc2C12CCN(Cc1ccc(C(F)(F)F)cc1)CC2. The van der Waals surface area contributed by atoms with Gasteiger partial charge < -0.3 is 5.32 Å². The lowest BCUT2D eigenvalue weighted by Gasteiger charge is -2.38. The van der Waals surface area contributed by atoms with Crippen LogP contribution in [0.1, 0.15) is 29.5 Å². The average Bonchev–Trinajstić information content (AvgIpc) is 2.89. The fraction of sp³-hybridized carbons (Fsp3) is 0.350. The largest absolute Gasteiger partial charge is 0.416 e. The zero-order chi connectivity index (χ0) is 18.4. The minimum atomic E-state index is -4.31. The predicted molar refractivity (Wildman–Crippen MR) is 92.7 cm³/mol. The third-order valence-corrected chi connectivity index (χ3v) is 5.52. The van der Waals surface area contributed by atoms with Crippen LogP contribution >= 0.6 is 0 Å². The van der Waals surface area contributed by atoms with Crippen molar-refractivity contribution in [1.29, 1.82) is 0 Å². The number of amides is 1. The zero-order valence-corrected chi connectivity index (χ0v) is 14.1. The molecule has 0 aromatic heterocycles. The van der Waals surface area contributed by atoms with E-state index in [0.29, 0.717) is 6.54 Å². The van der Waals surface area contributed by atoms with Gasteiger partial charge in [-0.25, -0.2) is 0 Å². The van der Waals surface area contributed by atoms with Crippen LogP contribution in [0, 0.1) is 0 Å². The molecule has 1 amide bonds. The summed E-state index contributed by atoms with van der Waals surface area (Å²) in [6, 6.07) is 13.1. The van der Waals surface area contributed by atoms with Crippen LogP contribution in [0.5, 0.6) is 0 Å². The Morgan fingerprint density at radius 2 is 1.65 bits per heavy atom. The normalized spacial score (nSPS) is 19.4. The van der Waals surface area contributed by atoms with Gasteiger partial charge in [0.05, 0.1) is 11.0 Å². The molecule has 1 saturated heterocycles. The van der Waals surface area contributed by atoms with Gasteiger partial charge in [0.25, 0.3) is 0 Å². The van der Waals surface area contributed by atoms with E-state index in [4.69, 9.17) is 0 Å². The Balaban J connectivity index is 1.44. The molecule has 3 nitrogen and oxygen atoms in total. The lowest BCUT2D eigenvalue weighted by atomic mass is 9.73. The van der Waals surface area contributed by atoms with Gasteiger partial charge in [0.1, 0.15) is 0 Å². The minimum Gasteiger partial charge on any atom is -0.325 e. The van der Waals surface area contributed by atoms with E-state index in [1.165, 1.54) is 12.1 Å². The summed E-state index contributed by atoms with van der Waals surface area (Å²) in [4.78, 5) is 14.8. The molecule has 2 aromatic rings. The van der Waals surface area contributed by atoms with Crippen molar-refractivity contribution < 1.29 is 18.0 Å². The van der Waals surface area contributed by atoms with Crippen LogP contribution in [0.25, 0.3) is 0 Å². The van der Waals surface area contributed by atoms with E-state index in [1.807, 2.05) is 24.3 Å². The van der Waals surface area contributed by atoms with E-state index in [-0.39, 0.29) is 5.91 Å². The van der Waals surface area contributed by atoms with Gasteiger partial charge >= 0.3 is 6.18 Å². The second kappa shape index (κ2) is 6.13. The summed E-state index contributed by atoms with van der Waals surface area (Å²) in [5.74, 6) is 0.0629. The first-order chi connectivity index (χ1) is 12.4. The summed E-state index contributed by atoms with van der Waals surface area (Å²) in [5.41, 5.74) is 1.73. The number of likely N-dealkylation sites (tertiary alicyclic amines) is 1. The second-order valence-corrected chi connectivity index (χ2v) is 7.05. The molecule has 136 valence electrons. The molecular formula is C20H19F3N2O. The van der Waals surface area contributed by atoms with Gasteiger partial charge in [0.2, 0.25) is 5.91 Å². The average molecular weight is 360 g/mol. The number of benzene rings is 2. The standard InChI is InChI=1S/C20H19F3N2O/c21-20(22,23)15-7-5-14(6-8-15)13-25-11-9-19(10-12-25)16-3-1-2-4-17(16)24-18(19)26/h1-8H,9-13H2,(H,24,26). The number of nitrogens with one attached hydrogen (secondary N) is 1. The number of anilines is 1. The highest BCUT2D eigenvalue weighted by Gasteiger charge is 2.48. The van der Waals surface area contributed by atoms with Gasteiger partial charge in [-0.2, -0.15) is 13.2 Å². The lowest BCUT2D eigenvalue weighted by molar-refractivity contribution is -0.137. The summed E-state index contributed by atoms with van der Waals surface area (Å²) >= 11 is 0. The van der Waals surface area contributed by atoms with Crippen LogP contribution in [-0.4, -0.2) is 23.9 Å². The first-order valence-corrected chi connectivity index (χ1v) is 8.68. The maximum Gasteiger partial charge on any atom is 0.416 e. The number of hydrogen-bond acceptors (Lipinski definition) is 2. The molecule has 0 aliphatic carbocycles. The number of piperidine rings is 1. The first kappa shape index (κ1) is 17.1. The number of carbonyl (C=O) groups excluding carboxylic acids is 1. The molecule has 0 saturated carbocycles. The number of rotatable bonds is 2. The summed E-state index contributed by atoms with van der Waals surface area (Å²) in [7, 11) is 0. The van der Waals surface area contributed by atoms with E-state index in [0.717, 1.165) is 54.9 Å². The van der Waals surface area contributed by atoms with Crippen LogP contribution in [0.15, 0.2) is 48.5 Å². The van der Waals surface area contributed by atoms with Crippen molar-refractivity contribution in [1.82, 2.24) is 4.90 Å². The molecule has 1 N–H and O–H groups in total. The summed E-state index contributed by atoms with van der Waals surface area (Å²) in [5, 5.41) is 2.98. The van der Waals surface area contributed by atoms with Crippen LogP contribution < -0.4 is 5.32 Å². The molecule has 2 heterocycles. The molecule has 0 bridgehead atoms. The van der Waals surface area contributed by atoms with Crippen LogP contribution in [0.4, 0.5) is 18.9 Å². The molecular weight excluding hydrogens is 341 g/mol. The molecule has 1 spiro atoms. The van der Waals surface area contributed by atoms with Crippen molar-refractivity contribution in [3.05, 3.63) is 65.2 Å². The number of hydrogen-bond donors (Lipinski definition) is 1. The summed E-state index contributed by atoms with van der Waals surface area (Å²) in [6.45, 7) is 2.07. The van der Waals surface area contributed by atoms with Crippen LogP contribution in [-0.2, 0) is 22.9 Å². The smallest absolute Gasteiger partial charge is 0.325 e. The monoisotopic (exact) mass is 360 g/mol. The number of carbonyl (C=O) groups is 1. The Hall–Kier alpha value is -2.34. The van der Waals surface area contributed by atoms with Crippen LogP contribution in [0.3, 0.4) is 0 Å². The minimum absolute atomic E-state index is 0.0629. The molecule has 26 heavy (non-hydrogen) atoms. The highest BCUT2D eigenvalue weighted by molar-refractivity contribution is 6.06. The van der Waals surface area contributed by atoms with Crippen LogP contribution in [0.2, 0.25) is 0 Å². The second-order valence-electron chi connectivity index (χ2n) is 7.05. The lowest BCUT2D eigenvalue weighted by Crippen LogP contribution is -2.46. The molecule has 0 radical (unpaired) electrons. The molecule has 2 aliphatic heterocycles. The Morgan fingerprint density at radius 3 is 2.31 bits per heavy atom. The van der Waals surface area contributed by atoms with Crippen molar-refractivity contribution in [3.63, 3.8) is 0 Å². The topological polar surface area (TPSA) is 32.3 Å². The first-order valence-electron chi connectivity index (χ1n) is 8.68. The van der Waals surface area contributed by atoms with Gasteiger partial charge in [-0.3, -0.25) is 9.69 Å². The van der Waals surface area contributed by atoms with Crippen molar-refractivity contribution in [2.75, 3.05) is 18.4 Å². The maximum absolute atomic E-state index is 12.7. The van der Waals surface area contributed by atoms with Crippen molar-refractivity contribution in [2.24, 2.45) is 0 Å². The van der Waals surface area contributed by atoms with Crippen molar-refractivity contribution in [3.8, 4) is 0 Å². The van der Waals surface area contributed by atoms with E-state index < -0.39 is 17.2 Å². The summed E-state index contributed by atoms with van der Waals surface area (Å²) < 4.78 is 38.0. The number of nitrogens with zero attached hydrogens (tertiary/aromatic N) is 1. The van der Waals surface area contributed by atoms with E-state index >= 15 is 0 Å². The molecule has 2 aliphatic rings. The molecule has 0 atom stereocenters. The van der Waals surface area contributed by atoms with E-state index in [2.05, 4.69) is 10.2 Å². The molecule has 6 heteroatoms. The summed E-state index contributed by atoms with van der Waals surface area (Å²) in [6.07, 6.45) is -2.87. The third kappa shape index (κ3) is 2.88. The fourth-order valence-electron chi connectivity index (χ4n) is 4.02. The fourth-order valence-corrected chi connectivity index (χ4v) is 4.02. The highest BCUT2D eigenvalue weighted by atomic mass is 19.4. The molecule has 1 fully saturated rings.